The Hall–Kier alpha value is -7.16. The molecule has 4 aliphatic rings. The lowest BCUT2D eigenvalue weighted by molar-refractivity contribution is 0.449. The quantitative estimate of drug-likeness (QED) is 0.181. The van der Waals surface area contributed by atoms with E-state index in [2.05, 4.69) is 194 Å². The van der Waals surface area contributed by atoms with Gasteiger partial charge in [-0.2, -0.15) is 0 Å². The van der Waals surface area contributed by atoms with Crippen molar-refractivity contribution in [2.24, 2.45) is 0 Å². The van der Waals surface area contributed by atoms with Crippen molar-refractivity contribution >= 4 is 22.3 Å². The van der Waals surface area contributed by atoms with Crippen molar-refractivity contribution in [3.8, 4) is 23.0 Å². The van der Waals surface area contributed by atoms with Gasteiger partial charge in [-0.1, -0.05) is 194 Å². The molecule has 0 aromatic heterocycles. The van der Waals surface area contributed by atoms with E-state index in [1.165, 1.54) is 66.8 Å². The van der Waals surface area contributed by atoms with E-state index >= 15 is 0 Å². The minimum Gasteiger partial charge on any atom is -0.457 e. The van der Waals surface area contributed by atoms with Crippen LogP contribution in [0.4, 0.5) is 0 Å². The summed E-state index contributed by atoms with van der Waals surface area (Å²) in [5.74, 6) is 3.78. The third-order valence-corrected chi connectivity index (χ3v) is 11.7. The molecule has 0 bridgehead atoms. The van der Waals surface area contributed by atoms with Crippen LogP contribution in [0.3, 0.4) is 0 Å². The van der Waals surface area contributed by atoms with Crippen LogP contribution >= 0.6 is 0 Å². The predicted molar refractivity (Wildman–Crippen MR) is 227 cm³/mol. The summed E-state index contributed by atoms with van der Waals surface area (Å²) in [5.41, 5.74) is 15.0. The summed E-state index contributed by atoms with van der Waals surface area (Å²) < 4.78 is 12.6. The van der Waals surface area contributed by atoms with E-state index in [0.29, 0.717) is 0 Å². The lowest BCUT2D eigenvalue weighted by Gasteiger charge is -2.31. The molecule has 0 unspecified atom stereocenters. The van der Waals surface area contributed by atoms with Gasteiger partial charge in [-0.05, 0) is 68.8 Å². The molecule has 264 valence electrons. The van der Waals surface area contributed by atoms with Gasteiger partial charge in [-0.25, -0.2) is 0 Å². The number of allylic oxidation sites excluding steroid dienone is 4. The van der Waals surface area contributed by atoms with E-state index < -0.39 is 0 Å². The Morgan fingerprint density at radius 2 is 0.411 bits per heavy atom. The Bertz CT molecular complexity index is 2440. The second kappa shape index (κ2) is 12.7. The lowest BCUT2D eigenvalue weighted by atomic mass is 9.76. The van der Waals surface area contributed by atoms with Gasteiger partial charge in [0, 0.05) is 22.3 Å². The van der Waals surface area contributed by atoms with Crippen molar-refractivity contribution in [2.45, 2.75) is 10.8 Å². The van der Waals surface area contributed by atoms with Crippen LogP contribution in [-0.4, -0.2) is 0 Å². The molecule has 0 saturated carbocycles. The highest BCUT2D eigenvalue weighted by molar-refractivity contribution is 6.24. The minimum absolute atomic E-state index is 0.256. The standard InChI is InChI=1S/2C27H18O/c2*1-3-11-19(12-4-1)25-26(20-13-5-2-6-14-20)27(25)21-15-7-9-17-23(21)28-24-18-10-8-16-22(24)27/h2*1-18H. The summed E-state index contributed by atoms with van der Waals surface area (Å²) in [7, 11) is 0. The van der Waals surface area contributed by atoms with Gasteiger partial charge in [0.25, 0.3) is 0 Å². The molecule has 0 fully saturated rings. The van der Waals surface area contributed by atoms with Gasteiger partial charge in [0.15, 0.2) is 0 Å². The van der Waals surface area contributed by atoms with Crippen LogP contribution in [0.15, 0.2) is 218 Å². The van der Waals surface area contributed by atoms with Gasteiger partial charge >= 0.3 is 0 Å². The van der Waals surface area contributed by atoms with Gasteiger partial charge in [0.05, 0.1) is 10.8 Å². The molecule has 0 radical (unpaired) electrons. The third-order valence-electron chi connectivity index (χ3n) is 11.7. The number of para-hydroxylation sites is 4. The molecule has 2 heteroatoms. The summed E-state index contributed by atoms with van der Waals surface area (Å²) in [6, 6.07) is 76.8. The molecule has 56 heavy (non-hydrogen) atoms. The zero-order chi connectivity index (χ0) is 37.1. The minimum atomic E-state index is -0.256. The van der Waals surface area contributed by atoms with Gasteiger partial charge in [-0.3, -0.25) is 0 Å². The van der Waals surface area contributed by atoms with Crippen LogP contribution in [0.5, 0.6) is 23.0 Å². The highest BCUT2D eigenvalue weighted by Gasteiger charge is 2.61. The number of fused-ring (bicyclic) bond motifs is 8. The van der Waals surface area contributed by atoms with Crippen molar-refractivity contribution in [1.29, 1.82) is 0 Å². The normalized spacial score (nSPS) is 15.6. The smallest absolute Gasteiger partial charge is 0.132 e. The molecular weight excluding hydrogens is 681 g/mol. The molecule has 0 N–H and O–H groups in total. The molecule has 2 spiro atoms. The predicted octanol–water partition coefficient (Wildman–Crippen LogP) is 13.4. The van der Waals surface area contributed by atoms with E-state index in [-0.39, 0.29) is 10.8 Å². The highest BCUT2D eigenvalue weighted by atomic mass is 16.5. The van der Waals surface area contributed by atoms with E-state index in [4.69, 9.17) is 9.47 Å². The van der Waals surface area contributed by atoms with Gasteiger partial charge in [0.2, 0.25) is 0 Å². The van der Waals surface area contributed by atoms with E-state index in [1.54, 1.807) is 0 Å². The summed E-state index contributed by atoms with van der Waals surface area (Å²) >= 11 is 0. The Morgan fingerprint density at radius 3 is 0.643 bits per heavy atom. The summed E-state index contributed by atoms with van der Waals surface area (Å²) in [4.78, 5) is 0. The molecule has 8 aromatic carbocycles. The highest BCUT2D eigenvalue weighted by Crippen LogP contribution is 2.73. The van der Waals surface area contributed by atoms with Crippen molar-refractivity contribution in [3.05, 3.63) is 263 Å². The Balaban J connectivity index is 0.000000130. The Labute approximate surface area is 327 Å². The van der Waals surface area contributed by atoms with Crippen LogP contribution in [0.1, 0.15) is 44.5 Å². The maximum absolute atomic E-state index is 6.29. The number of benzene rings is 8. The van der Waals surface area contributed by atoms with E-state index in [0.717, 1.165) is 23.0 Å². The molecule has 2 aliphatic carbocycles. The van der Waals surface area contributed by atoms with Crippen molar-refractivity contribution in [3.63, 3.8) is 0 Å². The fourth-order valence-electron chi connectivity index (χ4n) is 9.49. The first-order valence-corrected chi connectivity index (χ1v) is 19.3. The average Bonchev–Trinajstić information content (AvgIpc) is 4.17. The van der Waals surface area contributed by atoms with Crippen molar-refractivity contribution < 1.29 is 9.47 Å². The van der Waals surface area contributed by atoms with Crippen LogP contribution in [0.2, 0.25) is 0 Å². The molecule has 8 aromatic rings. The summed E-state index contributed by atoms with van der Waals surface area (Å²) in [6.45, 7) is 0. The summed E-state index contributed by atoms with van der Waals surface area (Å²) in [6.07, 6.45) is 0. The first-order valence-electron chi connectivity index (χ1n) is 19.3. The fourth-order valence-corrected chi connectivity index (χ4v) is 9.49. The van der Waals surface area contributed by atoms with Crippen LogP contribution in [-0.2, 0) is 10.8 Å². The maximum atomic E-state index is 6.29. The zero-order valence-corrected chi connectivity index (χ0v) is 30.6. The number of rotatable bonds is 4. The lowest BCUT2D eigenvalue weighted by Crippen LogP contribution is -2.21. The Morgan fingerprint density at radius 1 is 0.214 bits per heavy atom. The molecule has 2 aliphatic heterocycles. The van der Waals surface area contributed by atoms with Gasteiger partial charge in [-0.15, -0.1) is 0 Å². The maximum Gasteiger partial charge on any atom is 0.132 e. The van der Waals surface area contributed by atoms with E-state index in [1.807, 2.05) is 24.3 Å². The Kier molecular flexibility index (Phi) is 7.33. The van der Waals surface area contributed by atoms with Crippen molar-refractivity contribution in [1.82, 2.24) is 0 Å². The molecule has 2 nitrogen and oxygen atoms in total. The second-order valence-electron chi connectivity index (χ2n) is 14.7. The number of hydrogen-bond donors (Lipinski definition) is 0. The van der Waals surface area contributed by atoms with E-state index in [9.17, 15) is 0 Å². The fraction of sp³-hybridized carbons (Fsp3) is 0.0370. The first kappa shape index (κ1) is 32.3. The zero-order valence-electron chi connectivity index (χ0n) is 30.6. The molecule has 2 heterocycles. The third kappa shape index (κ3) is 4.69. The number of hydrogen-bond acceptors (Lipinski definition) is 2. The SMILES string of the molecule is c1ccc(C2=C(c3ccccc3)C23c2ccccc2Oc2ccccc23)cc1.c1ccc(C2=C(c3ccccc3)C23c2ccccc2Oc2ccccc23)cc1. The van der Waals surface area contributed by atoms with Crippen LogP contribution < -0.4 is 9.47 Å². The molecule has 0 amide bonds. The first-order chi connectivity index (χ1) is 27.8. The topological polar surface area (TPSA) is 18.5 Å². The molecule has 0 atom stereocenters. The second-order valence-corrected chi connectivity index (χ2v) is 14.7. The largest absolute Gasteiger partial charge is 0.457 e. The average molecular weight is 717 g/mol. The van der Waals surface area contributed by atoms with Gasteiger partial charge in [0.1, 0.15) is 23.0 Å². The monoisotopic (exact) mass is 716 g/mol. The molecular formula is C54H36O2. The van der Waals surface area contributed by atoms with Crippen LogP contribution in [0, 0.1) is 0 Å². The van der Waals surface area contributed by atoms with Gasteiger partial charge < -0.3 is 9.47 Å². The number of ether oxygens (including phenoxy) is 2. The summed E-state index contributed by atoms with van der Waals surface area (Å²) in [5, 5.41) is 0. The molecule has 0 saturated heterocycles. The van der Waals surface area contributed by atoms with Crippen LogP contribution in [0.25, 0.3) is 22.3 Å². The van der Waals surface area contributed by atoms with Crippen molar-refractivity contribution in [2.75, 3.05) is 0 Å². The molecule has 12 rings (SSSR count).